The Labute approximate surface area is 129 Å². The summed E-state index contributed by atoms with van der Waals surface area (Å²) in [6.07, 6.45) is -7.12. The minimum absolute atomic E-state index is 0.136. The molecule has 0 aliphatic carbocycles. The van der Waals surface area contributed by atoms with Crippen LogP contribution in [0.5, 0.6) is 0 Å². The third-order valence-corrected chi connectivity index (χ3v) is 3.97. The van der Waals surface area contributed by atoms with Gasteiger partial charge in [0.05, 0.1) is 6.61 Å². The van der Waals surface area contributed by atoms with Crippen molar-refractivity contribution in [3.05, 3.63) is 35.9 Å². The third kappa shape index (κ3) is 3.31. The zero-order valence-corrected chi connectivity index (χ0v) is 11.9. The van der Waals surface area contributed by atoms with E-state index in [4.69, 9.17) is 0 Å². The number of alkyl halides is 9. The molecule has 3 nitrogen and oxygen atoms in total. The normalized spacial score (nSPS) is 14.7. The van der Waals surface area contributed by atoms with Gasteiger partial charge >= 0.3 is 33.4 Å². The maximum Gasteiger partial charge on any atom is 0.460 e. The lowest BCUT2D eigenvalue weighted by atomic mass is 10.1. The van der Waals surface area contributed by atoms with Crippen LogP contribution >= 0.6 is 0 Å². The van der Waals surface area contributed by atoms with Crippen LogP contribution in [-0.4, -0.2) is 31.7 Å². The SMILES string of the molecule is O=S(=O)(OCc1ccccc1)C(F)(F)C(F)(F)C(F)(F)C(F)(F)F. The van der Waals surface area contributed by atoms with Crippen LogP contribution in [0.15, 0.2) is 30.3 Å². The van der Waals surface area contributed by atoms with Gasteiger partial charge in [-0.15, -0.1) is 0 Å². The number of hydrogen-bond acceptors (Lipinski definition) is 3. The number of rotatable bonds is 6. The van der Waals surface area contributed by atoms with E-state index in [2.05, 4.69) is 4.18 Å². The van der Waals surface area contributed by atoms with Crippen molar-refractivity contribution in [3.8, 4) is 0 Å². The first kappa shape index (κ1) is 20.5. The second-order valence-corrected chi connectivity index (χ2v) is 6.02. The van der Waals surface area contributed by atoms with Gasteiger partial charge in [0.2, 0.25) is 0 Å². The first-order chi connectivity index (χ1) is 10.6. The molecule has 0 saturated carbocycles. The lowest BCUT2D eigenvalue weighted by Crippen LogP contribution is -2.63. The summed E-state index contributed by atoms with van der Waals surface area (Å²) in [5.41, 5.74) is -0.136. The van der Waals surface area contributed by atoms with E-state index in [1.165, 1.54) is 18.2 Å². The summed E-state index contributed by atoms with van der Waals surface area (Å²) in [5.74, 6) is -14.6. The number of hydrogen-bond donors (Lipinski definition) is 0. The minimum atomic E-state index is -7.31. The molecule has 1 aromatic rings. The Hall–Kier alpha value is -1.50. The van der Waals surface area contributed by atoms with Gasteiger partial charge in [-0.05, 0) is 5.56 Å². The Balaban J connectivity index is 3.16. The first-order valence-electron chi connectivity index (χ1n) is 5.71. The molecule has 138 valence electrons. The molecule has 0 unspecified atom stereocenters. The van der Waals surface area contributed by atoms with Gasteiger partial charge in [0.25, 0.3) is 0 Å². The molecule has 0 fully saturated rings. The van der Waals surface area contributed by atoms with Gasteiger partial charge in [0.1, 0.15) is 0 Å². The number of halogens is 9. The van der Waals surface area contributed by atoms with Crippen molar-refractivity contribution >= 4 is 10.1 Å². The van der Waals surface area contributed by atoms with Gasteiger partial charge in [0.15, 0.2) is 0 Å². The van der Waals surface area contributed by atoms with Gasteiger partial charge < -0.3 is 0 Å². The third-order valence-electron chi connectivity index (χ3n) is 2.65. The predicted molar refractivity (Wildman–Crippen MR) is 61.0 cm³/mol. The molecule has 0 radical (unpaired) electrons. The van der Waals surface area contributed by atoms with Crippen LogP contribution in [0, 0.1) is 0 Å². The second-order valence-electron chi connectivity index (χ2n) is 4.37. The molecule has 0 amide bonds. The highest BCUT2D eigenvalue weighted by Gasteiger charge is 2.85. The number of benzene rings is 1. The van der Waals surface area contributed by atoms with Crippen molar-refractivity contribution < 1.29 is 52.1 Å². The van der Waals surface area contributed by atoms with Crippen LogP contribution in [-0.2, 0) is 20.9 Å². The maximum atomic E-state index is 13.3. The average molecular weight is 390 g/mol. The summed E-state index contributed by atoms with van der Waals surface area (Å²) < 4.78 is 139. The van der Waals surface area contributed by atoms with Crippen molar-refractivity contribution in [1.82, 2.24) is 0 Å². The summed E-state index contributed by atoms with van der Waals surface area (Å²) in [4.78, 5) is 0. The second kappa shape index (κ2) is 6.10. The predicted octanol–water partition coefficient (Wildman–Crippen LogP) is 3.96. The molecule has 0 bridgehead atoms. The zero-order valence-electron chi connectivity index (χ0n) is 11.1. The van der Waals surface area contributed by atoms with E-state index >= 15 is 0 Å². The molecule has 24 heavy (non-hydrogen) atoms. The summed E-state index contributed by atoms with van der Waals surface area (Å²) >= 11 is 0. The summed E-state index contributed by atoms with van der Waals surface area (Å²) in [7, 11) is -6.82. The fourth-order valence-corrected chi connectivity index (χ4v) is 2.19. The van der Waals surface area contributed by atoms with E-state index in [0.717, 1.165) is 12.1 Å². The van der Waals surface area contributed by atoms with E-state index < -0.39 is 40.0 Å². The monoisotopic (exact) mass is 390 g/mol. The van der Waals surface area contributed by atoms with Gasteiger partial charge in [-0.3, -0.25) is 4.18 Å². The Kier molecular flexibility index (Phi) is 5.22. The highest BCUT2D eigenvalue weighted by molar-refractivity contribution is 7.87. The molecule has 0 aliphatic heterocycles. The van der Waals surface area contributed by atoms with Crippen LogP contribution in [0.25, 0.3) is 0 Å². The van der Waals surface area contributed by atoms with Crippen LogP contribution in [0.1, 0.15) is 5.56 Å². The Morgan fingerprint density at radius 2 is 1.25 bits per heavy atom. The highest BCUT2D eigenvalue weighted by atomic mass is 32.2. The molecule has 0 spiro atoms. The molecule has 0 heterocycles. The van der Waals surface area contributed by atoms with Gasteiger partial charge in [-0.25, -0.2) is 0 Å². The lowest BCUT2D eigenvalue weighted by molar-refractivity contribution is -0.382. The van der Waals surface area contributed by atoms with Crippen molar-refractivity contribution in [1.29, 1.82) is 0 Å². The smallest absolute Gasteiger partial charge is 0.261 e. The molecule has 1 rings (SSSR count). The summed E-state index contributed by atoms with van der Waals surface area (Å²) in [6.45, 7) is -1.27. The molecule has 0 atom stereocenters. The summed E-state index contributed by atoms with van der Waals surface area (Å²) in [5, 5.41) is -6.84. The van der Waals surface area contributed by atoms with E-state index in [9.17, 15) is 47.9 Å². The van der Waals surface area contributed by atoms with Crippen LogP contribution < -0.4 is 0 Å². The van der Waals surface area contributed by atoms with Crippen LogP contribution in [0.4, 0.5) is 39.5 Å². The fourth-order valence-electron chi connectivity index (χ4n) is 1.31. The Morgan fingerprint density at radius 1 is 0.792 bits per heavy atom. The topological polar surface area (TPSA) is 43.4 Å². The van der Waals surface area contributed by atoms with Crippen molar-refractivity contribution in [2.45, 2.75) is 29.9 Å². The molecule has 0 saturated heterocycles. The molecule has 13 heteroatoms. The standard InChI is InChI=1S/C11H7F9O3S/c12-8(13,10(16,17)18)9(14,15)11(19,20)24(21,22)23-6-7-4-2-1-3-5-7/h1-5H,6H2. The minimum Gasteiger partial charge on any atom is -0.261 e. The van der Waals surface area contributed by atoms with Crippen molar-refractivity contribution in [2.24, 2.45) is 0 Å². The van der Waals surface area contributed by atoms with Crippen molar-refractivity contribution in [2.75, 3.05) is 0 Å². The van der Waals surface area contributed by atoms with Gasteiger partial charge in [-0.2, -0.15) is 47.9 Å². The van der Waals surface area contributed by atoms with Gasteiger partial charge in [-0.1, -0.05) is 30.3 Å². The van der Waals surface area contributed by atoms with E-state index in [1.807, 2.05) is 0 Å². The summed E-state index contributed by atoms with van der Waals surface area (Å²) in [6, 6.07) is 6.17. The molecule has 1 aromatic carbocycles. The van der Waals surface area contributed by atoms with E-state index in [1.54, 1.807) is 0 Å². The average Bonchev–Trinajstić information content (AvgIpc) is 2.44. The van der Waals surface area contributed by atoms with Crippen LogP contribution in [0.2, 0.25) is 0 Å². The molecule has 0 N–H and O–H groups in total. The highest BCUT2D eigenvalue weighted by Crippen LogP contribution is 2.54. The zero-order chi connectivity index (χ0) is 19.0. The lowest BCUT2D eigenvalue weighted by Gasteiger charge is -2.32. The first-order valence-corrected chi connectivity index (χ1v) is 7.12. The largest absolute Gasteiger partial charge is 0.460 e. The quantitative estimate of drug-likeness (QED) is 0.546. The van der Waals surface area contributed by atoms with Crippen LogP contribution in [0.3, 0.4) is 0 Å². The van der Waals surface area contributed by atoms with E-state index in [0.29, 0.717) is 0 Å². The van der Waals surface area contributed by atoms with E-state index in [-0.39, 0.29) is 5.56 Å². The molecular weight excluding hydrogens is 383 g/mol. The molecular formula is C11H7F9O3S. The van der Waals surface area contributed by atoms with Gasteiger partial charge in [0, 0.05) is 0 Å². The molecule has 0 aromatic heterocycles. The fraction of sp³-hybridized carbons (Fsp3) is 0.455. The maximum absolute atomic E-state index is 13.3. The Morgan fingerprint density at radius 3 is 1.67 bits per heavy atom. The molecule has 0 aliphatic rings. The Bertz CT molecular complexity index is 668. The van der Waals surface area contributed by atoms with Crippen molar-refractivity contribution in [3.63, 3.8) is 0 Å².